The molecule has 2 aromatic carbocycles. The number of rotatable bonds is 14. The van der Waals surface area contributed by atoms with E-state index in [4.69, 9.17) is 16.3 Å². The summed E-state index contributed by atoms with van der Waals surface area (Å²) in [6, 6.07) is 17.0. The smallest absolute Gasteiger partial charge is 0.247 e. The van der Waals surface area contributed by atoms with Gasteiger partial charge in [-0.25, -0.2) is 0 Å². The van der Waals surface area contributed by atoms with Gasteiger partial charge in [-0.3, -0.25) is 9.59 Å². The van der Waals surface area contributed by atoms with Crippen LogP contribution in [0.25, 0.3) is 0 Å². The van der Waals surface area contributed by atoms with Gasteiger partial charge in [0.05, 0.1) is 6.61 Å². The number of hydrogen-bond donors (Lipinski definition) is 1. The molecule has 1 N–H and O–H groups in total. The molecule has 1 saturated carbocycles. The Morgan fingerprint density at radius 1 is 1.00 bits per heavy atom. The number of nitrogens with one attached hydrogen (secondary N) is 1. The zero-order chi connectivity index (χ0) is 25.6. The molecular weight excluding hydrogens is 472 g/mol. The van der Waals surface area contributed by atoms with Gasteiger partial charge in [-0.2, -0.15) is 0 Å². The van der Waals surface area contributed by atoms with Crippen molar-refractivity contribution >= 4 is 23.4 Å². The molecule has 0 heterocycles. The van der Waals surface area contributed by atoms with Gasteiger partial charge in [0.2, 0.25) is 11.8 Å². The number of hydrogen-bond acceptors (Lipinski definition) is 3. The van der Waals surface area contributed by atoms with E-state index < -0.39 is 6.04 Å². The summed E-state index contributed by atoms with van der Waals surface area (Å²) >= 11 is 6.03. The highest BCUT2D eigenvalue weighted by molar-refractivity contribution is 6.27. The van der Waals surface area contributed by atoms with Crippen LogP contribution in [-0.2, 0) is 16.0 Å². The van der Waals surface area contributed by atoms with Crippen molar-refractivity contribution in [3.8, 4) is 5.75 Å². The van der Waals surface area contributed by atoms with Gasteiger partial charge in [0.1, 0.15) is 17.7 Å². The summed E-state index contributed by atoms with van der Waals surface area (Å²) in [5.74, 6) is 0.233. The lowest BCUT2D eigenvalue weighted by Gasteiger charge is -2.33. The van der Waals surface area contributed by atoms with Crippen LogP contribution in [0, 0.1) is 0 Å². The Bertz CT molecular complexity index is 914. The van der Waals surface area contributed by atoms with Gasteiger partial charge in [0.25, 0.3) is 0 Å². The maximum absolute atomic E-state index is 13.7. The van der Waals surface area contributed by atoms with E-state index in [1.54, 1.807) is 4.90 Å². The Kier molecular flexibility index (Phi) is 12.1. The molecule has 1 fully saturated rings. The number of carbonyl (C=O) groups excluding carboxylic acids is 2. The second-order valence-electron chi connectivity index (χ2n) is 9.68. The number of unbranched alkanes of at least 4 members (excludes halogenated alkanes) is 3. The minimum absolute atomic E-state index is 0.137. The number of nitrogens with zero attached hydrogens (tertiary/aromatic N) is 1. The van der Waals surface area contributed by atoms with Crippen molar-refractivity contribution in [1.29, 1.82) is 0 Å². The van der Waals surface area contributed by atoms with Gasteiger partial charge in [-0.15, -0.1) is 11.6 Å². The molecule has 36 heavy (non-hydrogen) atoms. The van der Waals surface area contributed by atoms with Crippen LogP contribution in [0.5, 0.6) is 5.75 Å². The molecule has 1 aliphatic carbocycles. The van der Waals surface area contributed by atoms with E-state index in [1.807, 2.05) is 54.6 Å². The molecule has 0 unspecified atom stereocenters. The Labute approximate surface area is 221 Å². The molecule has 0 aliphatic heterocycles. The molecule has 2 amide bonds. The van der Waals surface area contributed by atoms with Crippen molar-refractivity contribution < 1.29 is 14.3 Å². The first-order chi connectivity index (χ1) is 17.6. The lowest BCUT2D eigenvalue weighted by Crippen LogP contribution is -2.48. The van der Waals surface area contributed by atoms with E-state index in [9.17, 15) is 9.59 Å². The quantitative estimate of drug-likeness (QED) is 0.234. The fourth-order valence-electron chi connectivity index (χ4n) is 4.83. The first kappa shape index (κ1) is 28.0. The van der Waals surface area contributed by atoms with Crippen molar-refractivity contribution in [3.05, 3.63) is 65.7 Å². The first-order valence-corrected chi connectivity index (χ1v) is 14.1. The number of halogens is 1. The zero-order valence-electron chi connectivity index (χ0n) is 21.6. The standard InChI is InChI=1S/C30H41ClN2O3/c1-2-3-4-11-22-36-27-18-16-25(17-19-27)29(30(35)32-26-14-9-6-10-15-26)33(28(34)23-31)21-20-24-12-7-5-8-13-24/h5,7-8,12-13,16-19,26,29H,2-4,6,9-11,14-15,20-23H2,1H3,(H,32,35)/t29-/m0/s1. The summed E-state index contributed by atoms with van der Waals surface area (Å²) in [5, 5.41) is 3.24. The Morgan fingerprint density at radius 3 is 2.39 bits per heavy atom. The molecule has 0 saturated heterocycles. The predicted molar refractivity (Wildman–Crippen MR) is 146 cm³/mol. The van der Waals surface area contributed by atoms with E-state index in [2.05, 4.69) is 12.2 Å². The van der Waals surface area contributed by atoms with Crippen molar-refractivity contribution in [2.45, 2.75) is 83.2 Å². The lowest BCUT2D eigenvalue weighted by atomic mass is 9.94. The molecule has 0 spiro atoms. The average molecular weight is 513 g/mol. The predicted octanol–water partition coefficient (Wildman–Crippen LogP) is 6.45. The topological polar surface area (TPSA) is 58.6 Å². The lowest BCUT2D eigenvalue weighted by molar-refractivity contribution is -0.139. The Balaban J connectivity index is 1.78. The molecule has 2 aromatic rings. The maximum atomic E-state index is 13.7. The third-order valence-electron chi connectivity index (χ3n) is 6.89. The highest BCUT2D eigenvalue weighted by Gasteiger charge is 2.32. The monoisotopic (exact) mass is 512 g/mol. The van der Waals surface area contributed by atoms with E-state index in [0.29, 0.717) is 19.6 Å². The minimum atomic E-state index is -0.736. The fourth-order valence-corrected chi connectivity index (χ4v) is 4.99. The molecule has 6 heteroatoms. The van der Waals surface area contributed by atoms with Crippen molar-refractivity contribution in [3.63, 3.8) is 0 Å². The summed E-state index contributed by atoms with van der Waals surface area (Å²) in [6.07, 6.45) is 10.7. The van der Waals surface area contributed by atoms with E-state index in [-0.39, 0.29) is 23.7 Å². The maximum Gasteiger partial charge on any atom is 0.247 e. The van der Waals surface area contributed by atoms with Crippen LogP contribution < -0.4 is 10.1 Å². The van der Waals surface area contributed by atoms with Crippen LogP contribution in [0.2, 0.25) is 0 Å². The number of ether oxygens (including phenoxy) is 1. The SMILES string of the molecule is CCCCCCOc1ccc([C@@H](C(=O)NC2CCCCC2)N(CCc2ccccc2)C(=O)CCl)cc1. The molecule has 5 nitrogen and oxygen atoms in total. The number of amides is 2. The molecular formula is C30H41ClN2O3. The van der Waals surface area contributed by atoms with Crippen LogP contribution in [-0.4, -0.2) is 41.8 Å². The van der Waals surface area contributed by atoms with E-state index >= 15 is 0 Å². The van der Waals surface area contributed by atoms with E-state index in [0.717, 1.165) is 55.4 Å². The van der Waals surface area contributed by atoms with Crippen LogP contribution >= 0.6 is 11.6 Å². The fraction of sp³-hybridized carbons (Fsp3) is 0.533. The highest BCUT2D eigenvalue weighted by atomic mass is 35.5. The molecule has 1 atom stereocenters. The summed E-state index contributed by atoms with van der Waals surface area (Å²) in [4.78, 5) is 28.3. The number of carbonyl (C=O) groups is 2. The van der Waals surface area contributed by atoms with Crippen LogP contribution in [0.3, 0.4) is 0 Å². The van der Waals surface area contributed by atoms with Gasteiger partial charge >= 0.3 is 0 Å². The van der Waals surface area contributed by atoms with Crippen molar-refractivity contribution in [2.75, 3.05) is 19.0 Å². The highest BCUT2D eigenvalue weighted by Crippen LogP contribution is 2.26. The molecule has 196 valence electrons. The third-order valence-corrected chi connectivity index (χ3v) is 7.12. The van der Waals surface area contributed by atoms with Crippen LogP contribution in [0.4, 0.5) is 0 Å². The van der Waals surface area contributed by atoms with Crippen LogP contribution in [0.1, 0.15) is 81.9 Å². The Morgan fingerprint density at radius 2 is 1.72 bits per heavy atom. The van der Waals surface area contributed by atoms with E-state index in [1.165, 1.54) is 19.3 Å². The largest absolute Gasteiger partial charge is 0.494 e. The van der Waals surface area contributed by atoms with Crippen molar-refractivity contribution in [1.82, 2.24) is 10.2 Å². The second kappa shape index (κ2) is 15.6. The van der Waals surface area contributed by atoms with Crippen molar-refractivity contribution in [2.24, 2.45) is 0 Å². The number of alkyl halides is 1. The zero-order valence-corrected chi connectivity index (χ0v) is 22.3. The summed E-state index contributed by atoms with van der Waals surface area (Å²) in [6.45, 7) is 3.28. The molecule has 1 aliphatic rings. The summed E-state index contributed by atoms with van der Waals surface area (Å²) < 4.78 is 5.90. The van der Waals surface area contributed by atoms with Gasteiger partial charge in [0.15, 0.2) is 0 Å². The summed E-state index contributed by atoms with van der Waals surface area (Å²) in [5.41, 5.74) is 1.89. The van der Waals surface area contributed by atoms with Gasteiger partial charge < -0.3 is 15.0 Å². The third kappa shape index (κ3) is 8.85. The van der Waals surface area contributed by atoms with Gasteiger partial charge in [-0.1, -0.05) is 87.9 Å². The van der Waals surface area contributed by atoms with Gasteiger partial charge in [0, 0.05) is 12.6 Å². The molecule has 0 bridgehead atoms. The normalized spacial score (nSPS) is 14.7. The Hall–Kier alpha value is -2.53. The average Bonchev–Trinajstić information content (AvgIpc) is 2.92. The van der Waals surface area contributed by atoms with Crippen LogP contribution in [0.15, 0.2) is 54.6 Å². The summed E-state index contributed by atoms with van der Waals surface area (Å²) in [7, 11) is 0. The molecule has 0 radical (unpaired) electrons. The minimum Gasteiger partial charge on any atom is -0.494 e. The number of benzene rings is 2. The molecule has 3 rings (SSSR count). The second-order valence-corrected chi connectivity index (χ2v) is 9.95. The first-order valence-electron chi connectivity index (χ1n) is 13.5. The molecule has 0 aromatic heterocycles. The van der Waals surface area contributed by atoms with Gasteiger partial charge in [-0.05, 0) is 48.9 Å².